The highest BCUT2D eigenvalue weighted by Gasteiger charge is 2.09. The van der Waals surface area contributed by atoms with Crippen LogP contribution in [0, 0.1) is 0 Å². The van der Waals surface area contributed by atoms with Gasteiger partial charge in [-0.2, -0.15) is 4.98 Å². The van der Waals surface area contributed by atoms with E-state index >= 15 is 0 Å². The molecular weight excluding hydrogens is 352 g/mol. The van der Waals surface area contributed by atoms with Crippen molar-refractivity contribution in [2.75, 3.05) is 37.5 Å². The molecule has 0 radical (unpaired) electrons. The fourth-order valence-electron chi connectivity index (χ4n) is 2.75. The number of ether oxygens (including phenoxy) is 2. The lowest BCUT2D eigenvalue weighted by molar-refractivity contribution is 0.197. The number of rotatable bonds is 10. The van der Waals surface area contributed by atoms with Gasteiger partial charge < -0.3 is 20.1 Å². The number of hydrogen-bond acceptors (Lipinski definition) is 6. The van der Waals surface area contributed by atoms with Crippen molar-refractivity contribution in [3.05, 3.63) is 60.7 Å². The molecule has 0 aliphatic rings. The molecule has 6 heteroatoms. The Kier molecular flexibility index (Phi) is 7.21. The van der Waals surface area contributed by atoms with Gasteiger partial charge in [0.15, 0.2) is 0 Å². The predicted octanol–water partition coefficient (Wildman–Crippen LogP) is 4.73. The summed E-state index contributed by atoms with van der Waals surface area (Å²) < 4.78 is 10.8. The van der Waals surface area contributed by atoms with Gasteiger partial charge in [0.2, 0.25) is 5.95 Å². The van der Waals surface area contributed by atoms with Gasteiger partial charge in [0, 0.05) is 31.9 Å². The predicted molar refractivity (Wildman–Crippen MR) is 113 cm³/mol. The van der Waals surface area contributed by atoms with Crippen LogP contribution in [0.5, 0.6) is 5.75 Å². The average molecular weight is 378 g/mol. The molecule has 1 heterocycles. The van der Waals surface area contributed by atoms with Crippen LogP contribution in [0.1, 0.15) is 13.3 Å². The van der Waals surface area contributed by atoms with E-state index in [1.807, 2.05) is 67.6 Å². The lowest BCUT2D eigenvalue weighted by atomic mass is 10.1. The molecule has 0 unspecified atom stereocenters. The molecule has 3 aromatic rings. The van der Waals surface area contributed by atoms with Crippen LogP contribution in [0.3, 0.4) is 0 Å². The minimum absolute atomic E-state index is 0.578. The molecule has 146 valence electrons. The molecule has 0 spiro atoms. The molecule has 0 saturated carbocycles. The zero-order valence-corrected chi connectivity index (χ0v) is 16.3. The molecular formula is C22H26N4O2. The summed E-state index contributed by atoms with van der Waals surface area (Å²) in [6.45, 7) is 4.00. The molecule has 0 aliphatic heterocycles. The number of nitrogens with one attached hydrogen (secondary N) is 2. The van der Waals surface area contributed by atoms with Crippen LogP contribution in [0.4, 0.5) is 17.5 Å². The quantitative estimate of drug-likeness (QED) is 0.497. The van der Waals surface area contributed by atoms with Crippen LogP contribution < -0.4 is 15.4 Å². The largest absolute Gasteiger partial charge is 0.492 e. The molecule has 0 saturated heterocycles. The zero-order chi connectivity index (χ0) is 19.6. The zero-order valence-electron chi connectivity index (χ0n) is 16.3. The van der Waals surface area contributed by atoms with Gasteiger partial charge >= 0.3 is 0 Å². The van der Waals surface area contributed by atoms with E-state index in [0.29, 0.717) is 25.0 Å². The van der Waals surface area contributed by atoms with Crippen LogP contribution in [0.25, 0.3) is 11.3 Å². The van der Waals surface area contributed by atoms with E-state index in [9.17, 15) is 0 Å². The summed E-state index contributed by atoms with van der Waals surface area (Å²) in [5.41, 5.74) is 2.75. The Balaban J connectivity index is 1.89. The highest BCUT2D eigenvalue weighted by atomic mass is 16.5. The van der Waals surface area contributed by atoms with Crippen molar-refractivity contribution in [3.63, 3.8) is 0 Å². The summed E-state index contributed by atoms with van der Waals surface area (Å²) in [6, 6.07) is 19.8. The number of methoxy groups -OCH3 is 1. The fourth-order valence-corrected chi connectivity index (χ4v) is 2.75. The first-order valence-corrected chi connectivity index (χ1v) is 9.46. The van der Waals surface area contributed by atoms with Gasteiger partial charge in [-0.25, -0.2) is 4.98 Å². The summed E-state index contributed by atoms with van der Waals surface area (Å²) in [6.07, 6.45) is 0.880. The molecule has 3 rings (SSSR count). The van der Waals surface area contributed by atoms with E-state index in [0.717, 1.165) is 35.7 Å². The van der Waals surface area contributed by atoms with Crippen molar-refractivity contribution in [1.82, 2.24) is 9.97 Å². The van der Waals surface area contributed by atoms with E-state index in [1.165, 1.54) is 0 Å². The van der Waals surface area contributed by atoms with Gasteiger partial charge in [-0.15, -0.1) is 0 Å². The van der Waals surface area contributed by atoms with Crippen molar-refractivity contribution in [2.45, 2.75) is 13.3 Å². The summed E-state index contributed by atoms with van der Waals surface area (Å²) in [7, 11) is 1.70. The third kappa shape index (κ3) is 5.44. The molecule has 28 heavy (non-hydrogen) atoms. The average Bonchev–Trinajstić information content (AvgIpc) is 2.73. The summed E-state index contributed by atoms with van der Waals surface area (Å²) in [5, 5.41) is 6.65. The van der Waals surface area contributed by atoms with E-state index in [-0.39, 0.29) is 0 Å². The van der Waals surface area contributed by atoms with Crippen LogP contribution >= 0.6 is 0 Å². The maximum absolute atomic E-state index is 5.71. The van der Waals surface area contributed by atoms with E-state index in [4.69, 9.17) is 9.47 Å². The standard InChI is InChI=1S/C22H26N4O2/c1-3-28-20-13-8-7-12-18(20)24-21-16-19(17-10-5-4-6-11-17)25-22(26-21)23-14-9-15-27-2/h4-8,10-13,16H,3,9,14-15H2,1-2H3,(H2,23,24,25,26). The molecule has 2 aromatic carbocycles. The Morgan fingerprint density at radius 3 is 2.54 bits per heavy atom. The minimum atomic E-state index is 0.578. The molecule has 0 fully saturated rings. The van der Waals surface area contributed by atoms with Gasteiger partial charge in [0.25, 0.3) is 0 Å². The minimum Gasteiger partial charge on any atom is -0.492 e. The van der Waals surface area contributed by atoms with Crippen molar-refractivity contribution < 1.29 is 9.47 Å². The monoisotopic (exact) mass is 378 g/mol. The van der Waals surface area contributed by atoms with Crippen molar-refractivity contribution >= 4 is 17.5 Å². The third-order valence-electron chi connectivity index (χ3n) is 4.05. The molecule has 0 atom stereocenters. The SMILES string of the molecule is CCOc1ccccc1Nc1cc(-c2ccccc2)nc(NCCCOC)n1. The Morgan fingerprint density at radius 1 is 0.964 bits per heavy atom. The smallest absolute Gasteiger partial charge is 0.225 e. The number of aromatic nitrogens is 2. The number of para-hydroxylation sites is 2. The first kappa shape index (κ1) is 19.6. The van der Waals surface area contributed by atoms with Crippen molar-refractivity contribution in [3.8, 4) is 17.0 Å². The van der Waals surface area contributed by atoms with Crippen LogP contribution in [-0.2, 0) is 4.74 Å². The second-order valence-electron chi connectivity index (χ2n) is 6.16. The van der Waals surface area contributed by atoms with E-state index < -0.39 is 0 Å². The highest BCUT2D eigenvalue weighted by molar-refractivity contribution is 5.69. The van der Waals surface area contributed by atoms with Crippen LogP contribution in [0.15, 0.2) is 60.7 Å². The van der Waals surface area contributed by atoms with Crippen molar-refractivity contribution in [1.29, 1.82) is 0 Å². The maximum Gasteiger partial charge on any atom is 0.225 e. The van der Waals surface area contributed by atoms with E-state index in [1.54, 1.807) is 7.11 Å². The Bertz CT molecular complexity index is 871. The normalized spacial score (nSPS) is 10.5. The van der Waals surface area contributed by atoms with Gasteiger partial charge in [-0.3, -0.25) is 0 Å². The van der Waals surface area contributed by atoms with Crippen LogP contribution in [-0.4, -0.2) is 36.8 Å². The van der Waals surface area contributed by atoms with Gasteiger partial charge in [-0.05, 0) is 25.5 Å². The van der Waals surface area contributed by atoms with Gasteiger partial charge in [0.05, 0.1) is 18.0 Å². The Morgan fingerprint density at radius 2 is 1.75 bits per heavy atom. The number of benzene rings is 2. The third-order valence-corrected chi connectivity index (χ3v) is 4.05. The second-order valence-corrected chi connectivity index (χ2v) is 6.16. The Hall–Kier alpha value is -3.12. The number of hydrogen-bond donors (Lipinski definition) is 2. The topological polar surface area (TPSA) is 68.3 Å². The fraction of sp³-hybridized carbons (Fsp3) is 0.273. The molecule has 0 amide bonds. The lowest BCUT2D eigenvalue weighted by Gasteiger charge is -2.14. The van der Waals surface area contributed by atoms with Crippen LogP contribution in [0.2, 0.25) is 0 Å². The molecule has 1 aromatic heterocycles. The first-order valence-electron chi connectivity index (χ1n) is 9.46. The number of anilines is 3. The second kappa shape index (κ2) is 10.3. The molecule has 0 bridgehead atoms. The van der Waals surface area contributed by atoms with Gasteiger partial charge in [0.1, 0.15) is 11.6 Å². The lowest BCUT2D eigenvalue weighted by Crippen LogP contribution is -2.09. The van der Waals surface area contributed by atoms with E-state index in [2.05, 4.69) is 20.6 Å². The van der Waals surface area contributed by atoms with Crippen molar-refractivity contribution in [2.24, 2.45) is 0 Å². The number of nitrogens with zero attached hydrogens (tertiary/aromatic N) is 2. The summed E-state index contributed by atoms with van der Waals surface area (Å²) in [4.78, 5) is 9.29. The highest BCUT2D eigenvalue weighted by Crippen LogP contribution is 2.29. The molecule has 2 N–H and O–H groups in total. The Labute approximate surface area is 166 Å². The molecule has 0 aliphatic carbocycles. The summed E-state index contributed by atoms with van der Waals surface area (Å²) in [5.74, 6) is 2.07. The summed E-state index contributed by atoms with van der Waals surface area (Å²) >= 11 is 0. The maximum atomic E-state index is 5.71. The van der Waals surface area contributed by atoms with Gasteiger partial charge in [-0.1, -0.05) is 42.5 Å². The molecule has 6 nitrogen and oxygen atoms in total. The first-order chi connectivity index (χ1) is 13.8.